The van der Waals surface area contributed by atoms with Crippen molar-refractivity contribution in [3.63, 3.8) is 0 Å². The molecule has 3 nitrogen and oxygen atoms in total. The fourth-order valence-corrected chi connectivity index (χ4v) is 3.42. The fourth-order valence-electron chi connectivity index (χ4n) is 2.89. The number of nitrogens with one attached hydrogen (secondary N) is 1. The first-order valence-electron chi connectivity index (χ1n) is 7.52. The first kappa shape index (κ1) is 15.3. The van der Waals surface area contributed by atoms with Gasteiger partial charge in [0, 0.05) is 15.8 Å². The zero-order valence-corrected chi connectivity index (χ0v) is 14.8. The molecule has 4 heteroatoms. The Morgan fingerprint density at radius 2 is 2.09 bits per heavy atom. The maximum atomic E-state index is 12.4. The molecule has 0 bridgehead atoms. The Morgan fingerprint density at radius 1 is 1.27 bits per heavy atom. The average Bonchev–Trinajstić information content (AvgIpc) is 2.49. The number of halogens is 1. The molecule has 0 fully saturated rings. The van der Waals surface area contributed by atoms with E-state index in [1.807, 2.05) is 24.3 Å². The summed E-state index contributed by atoms with van der Waals surface area (Å²) in [6.45, 7) is 3.46. The standard InChI is InChI=1S/C18H19IN2O/c1-13-8-9-17-14(11-13)5-4-10-21(17)12-18(22)20-16-7-3-2-6-15(16)19/h2-3,6-9,11H,4-5,10,12H2,1H3,(H,20,22). The second-order valence-corrected chi connectivity index (χ2v) is 6.85. The molecule has 0 saturated heterocycles. The van der Waals surface area contributed by atoms with Crippen molar-refractivity contribution in [2.24, 2.45) is 0 Å². The Bertz CT molecular complexity index is 699. The van der Waals surface area contributed by atoms with Crippen LogP contribution >= 0.6 is 22.6 Å². The molecule has 2 aromatic rings. The van der Waals surface area contributed by atoms with E-state index in [9.17, 15) is 4.79 Å². The lowest BCUT2D eigenvalue weighted by Gasteiger charge is -2.31. The van der Waals surface area contributed by atoms with Crippen LogP contribution in [0.2, 0.25) is 0 Å². The average molecular weight is 406 g/mol. The minimum absolute atomic E-state index is 0.0394. The second-order valence-electron chi connectivity index (χ2n) is 5.69. The molecule has 114 valence electrons. The van der Waals surface area contributed by atoms with Crippen LogP contribution in [0.1, 0.15) is 17.5 Å². The number of anilines is 2. The van der Waals surface area contributed by atoms with Gasteiger partial charge in [-0.1, -0.05) is 29.8 Å². The normalized spacial score (nSPS) is 13.6. The molecule has 0 radical (unpaired) electrons. The summed E-state index contributed by atoms with van der Waals surface area (Å²) in [5, 5.41) is 3.01. The monoisotopic (exact) mass is 406 g/mol. The summed E-state index contributed by atoms with van der Waals surface area (Å²) in [4.78, 5) is 14.5. The first-order valence-corrected chi connectivity index (χ1v) is 8.60. The molecule has 0 atom stereocenters. The first-order chi connectivity index (χ1) is 10.6. The van der Waals surface area contributed by atoms with Crippen LogP contribution in [0.4, 0.5) is 11.4 Å². The Balaban J connectivity index is 1.72. The van der Waals surface area contributed by atoms with Crippen LogP contribution in [0.15, 0.2) is 42.5 Å². The lowest BCUT2D eigenvalue weighted by molar-refractivity contribution is -0.115. The minimum Gasteiger partial charge on any atom is -0.362 e. The molecule has 1 aliphatic rings. The maximum absolute atomic E-state index is 12.4. The molecule has 0 saturated carbocycles. The molecule has 1 amide bonds. The number of benzene rings is 2. The summed E-state index contributed by atoms with van der Waals surface area (Å²) < 4.78 is 1.06. The number of para-hydroxylation sites is 1. The number of aryl methyl sites for hydroxylation is 2. The molecule has 2 aromatic carbocycles. The number of rotatable bonds is 3. The van der Waals surface area contributed by atoms with Gasteiger partial charge in [-0.25, -0.2) is 0 Å². The number of hydrogen-bond acceptors (Lipinski definition) is 2. The molecular weight excluding hydrogens is 387 g/mol. The van der Waals surface area contributed by atoms with E-state index in [0.29, 0.717) is 6.54 Å². The highest BCUT2D eigenvalue weighted by atomic mass is 127. The van der Waals surface area contributed by atoms with Crippen molar-refractivity contribution in [2.75, 3.05) is 23.3 Å². The zero-order chi connectivity index (χ0) is 15.5. The molecular formula is C18H19IN2O. The van der Waals surface area contributed by atoms with Gasteiger partial charge in [0.05, 0.1) is 12.2 Å². The molecule has 1 heterocycles. The molecule has 22 heavy (non-hydrogen) atoms. The minimum atomic E-state index is 0.0394. The van der Waals surface area contributed by atoms with Crippen LogP contribution < -0.4 is 10.2 Å². The quantitative estimate of drug-likeness (QED) is 0.782. The van der Waals surface area contributed by atoms with Crippen LogP contribution in [0.3, 0.4) is 0 Å². The number of amides is 1. The van der Waals surface area contributed by atoms with E-state index in [2.05, 4.69) is 57.9 Å². The van der Waals surface area contributed by atoms with E-state index in [1.54, 1.807) is 0 Å². The van der Waals surface area contributed by atoms with Crippen LogP contribution in [0, 0.1) is 10.5 Å². The van der Waals surface area contributed by atoms with Crippen LogP contribution in [-0.4, -0.2) is 19.0 Å². The highest BCUT2D eigenvalue weighted by molar-refractivity contribution is 14.1. The summed E-state index contributed by atoms with van der Waals surface area (Å²) in [5.41, 5.74) is 4.72. The molecule has 3 rings (SSSR count). The van der Waals surface area contributed by atoms with Crippen LogP contribution in [-0.2, 0) is 11.2 Å². The highest BCUT2D eigenvalue weighted by Crippen LogP contribution is 2.27. The van der Waals surface area contributed by atoms with Crippen molar-refractivity contribution in [1.29, 1.82) is 0 Å². The van der Waals surface area contributed by atoms with E-state index in [0.717, 1.165) is 28.6 Å². The topological polar surface area (TPSA) is 32.3 Å². The zero-order valence-electron chi connectivity index (χ0n) is 12.6. The third-order valence-electron chi connectivity index (χ3n) is 3.93. The fraction of sp³-hybridized carbons (Fsp3) is 0.278. The lowest BCUT2D eigenvalue weighted by atomic mass is 9.99. The summed E-state index contributed by atoms with van der Waals surface area (Å²) in [6, 6.07) is 14.3. The number of carbonyl (C=O) groups is 1. The Hall–Kier alpha value is -1.56. The van der Waals surface area contributed by atoms with Crippen LogP contribution in [0.5, 0.6) is 0 Å². The Labute approximate surface area is 144 Å². The third-order valence-corrected chi connectivity index (χ3v) is 4.87. The molecule has 0 spiro atoms. The predicted octanol–water partition coefficient (Wildman–Crippen LogP) is 3.99. The summed E-state index contributed by atoms with van der Waals surface area (Å²) >= 11 is 2.24. The van der Waals surface area contributed by atoms with Crippen molar-refractivity contribution in [3.05, 3.63) is 57.2 Å². The van der Waals surface area contributed by atoms with Gasteiger partial charge in [0.1, 0.15) is 0 Å². The van der Waals surface area contributed by atoms with Gasteiger partial charge in [0.15, 0.2) is 0 Å². The number of carbonyl (C=O) groups excluding carboxylic acids is 1. The Morgan fingerprint density at radius 3 is 2.91 bits per heavy atom. The predicted molar refractivity (Wildman–Crippen MR) is 99.5 cm³/mol. The smallest absolute Gasteiger partial charge is 0.243 e. The summed E-state index contributed by atoms with van der Waals surface area (Å²) in [7, 11) is 0. The largest absolute Gasteiger partial charge is 0.362 e. The second kappa shape index (κ2) is 6.69. The molecule has 0 aromatic heterocycles. The van der Waals surface area contributed by atoms with Crippen molar-refractivity contribution >= 4 is 39.9 Å². The van der Waals surface area contributed by atoms with Crippen molar-refractivity contribution in [2.45, 2.75) is 19.8 Å². The number of fused-ring (bicyclic) bond motifs is 1. The van der Waals surface area contributed by atoms with Gasteiger partial charge in [-0.05, 0) is 66.1 Å². The van der Waals surface area contributed by atoms with Gasteiger partial charge < -0.3 is 10.2 Å². The lowest BCUT2D eigenvalue weighted by Crippen LogP contribution is -2.36. The third kappa shape index (κ3) is 3.43. The molecule has 1 aliphatic heterocycles. The molecule has 1 N–H and O–H groups in total. The SMILES string of the molecule is Cc1ccc2c(c1)CCCN2CC(=O)Nc1ccccc1I. The van der Waals surface area contributed by atoms with Crippen molar-refractivity contribution < 1.29 is 4.79 Å². The molecule has 0 unspecified atom stereocenters. The van der Waals surface area contributed by atoms with Crippen LogP contribution in [0.25, 0.3) is 0 Å². The number of hydrogen-bond donors (Lipinski definition) is 1. The molecule has 0 aliphatic carbocycles. The van der Waals surface area contributed by atoms with Crippen molar-refractivity contribution in [1.82, 2.24) is 0 Å². The van der Waals surface area contributed by atoms with Crippen molar-refractivity contribution in [3.8, 4) is 0 Å². The van der Waals surface area contributed by atoms with E-state index >= 15 is 0 Å². The van der Waals surface area contributed by atoms with Gasteiger partial charge in [-0.3, -0.25) is 4.79 Å². The van der Waals surface area contributed by atoms with Gasteiger partial charge in [0.25, 0.3) is 0 Å². The van der Waals surface area contributed by atoms with Gasteiger partial charge in [-0.15, -0.1) is 0 Å². The van der Waals surface area contributed by atoms with Gasteiger partial charge in [0.2, 0.25) is 5.91 Å². The van der Waals surface area contributed by atoms with E-state index in [1.165, 1.54) is 16.8 Å². The van der Waals surface area contributed by atoms with E-state index < -0.39 is 0 Å². The maximum Gasteiger partial charge on any atom is 0.243 e. The van der Waals surface area contributed by atoms with Gasteiger partial charge >= 0.3 is 0 Å². The number of nitrogens with zero attached hydrogens (tertiary/aromatic N) is 1. The van der Waals surface area contributed by atoms with Gasteiger partial charge in [-0.2, -0.15) is 0 Å². The Kier molecular flexibility index (Phi) is 4.66. The van der Waals surface area contributed by atoms with E-state index in [-0.39, 0.29) is 5.91 Å². The summed E-state index contributed by atoms with van der Waals surface area (Å²) in [6.07, 6.45) is 2.21. The van der Waals surface area contributed by atoms with E-state index in [4.69, 9.17) is 0 Å². The summed E-state index contributed by atoms with van der Waals surface area (Å²) in [5.74, 6) is 0.0394. The highest BCUT2D eigenvalue weighted by Gasteiger charge is 2.19.